The Bertz CT molecular complexity index is 626. The number of halogens is 1. The number of carbonyl (C=O) groups excluding carboxylic acids is 1. The molecule has 0 aliphatic heterocycles. The van der Waals surface area contributed by atoms with Gasteiger partial charge in [0.1, 0.15) is 0 Å². The zero-order chi connectivity index (χ0) is 12.4. The van der Waals surface area contributed by atoms with Gasteiger partial charge in [0.05, 0.1) is 0 Å². The highest BCUT2D eigenvalue weighted by atomic mass is 79.9. The third-order valence-electron chi connectivity index (χ3n) is 2.80. The molecule has 0 amide bonds. The number of benzene rings is 2. The Kier molecular flexibility index (Phi) is 3.25. The molecule has 1 nitrogen and oxygen atoms in total. The minimum absolute atomic E-state index is 0.661. The van der Waals surface area contributed by atoms with E-state index in [1.165, 1.54) is 0 Å². The Morgan fingerprint density at radius 1 is 0.941 bits per heavy atom. The van der Waals surface area contributed by atoms with Gasteiger partial charge in [0.2, 0.25) is 0 Å². The quantitative estimate of drug-likeness (QED) is 0.748. The molecule has 2 aromatic carbocycles. The molecule has 0 aromatic heterocycles. The third kappa shape index (κ3) is 1.75. The first-order valence-corrected chi connectivity index (χ1v) is 5.98. The van der Waals surface area contributed by atoms with Crippen LogP contribution in [0.5, 0.6) is 0 Å². The molecule has 0 unspecified atom stereocenters. The number of rotatable bonds is 3. The summed E-state index contributed by atoms with van der Waals surface area (Å²) in [7, 11) is 0. The molecule has 0 heterocycles. The van der Waals surface area contributed by atoms with E-state index in [0.29, 0.717) is 5.56 Å². The maximum atomic E-state index is 11.3. The van der Waals surface area contributed by atoms with Gasteiger partial charge in [-0.1, -0.05) is 49.6 Å². The lowest BCUT2D eigenvalue weighted by Gasteiger charge is -2.12. The average molecular weight is 287 g/mol. The summed E-state index contributed by atoms with van der Waals surface area (Å²) in [6.45, 7) is 7.56. The van der Waals surface area contributed by atoms with E-state index in [-0.39, 0.29) is 0 Å². The molecule has 2 aromatic rings. The van der Waals surface area contributed by atoms with Gasteiger partial charge in [-0.3, -0.25) is 4.79 Å². The lowest BCUT2D eigenvalue weighted by molar-refractivity contribution is 0.112. The number of hydrogen-bond donors (Lipinski definition) is 0. The molecule has 0 fully saturated rings. The maximum Gasteiger partial charge on any atom is 0.151 e. The fourth-order valence-electron chi connectivity index (χ4n) is 2.01. The zero-order valence-electron chi connectivity index (χ0n) is 9.24. The summed E-state index contributed by atoms with van der Waals surface area (Å²) in [6.07, 6.45) is 4.30. The van der Waals surface area contributed by atoms with E-state index in [0.717, 1.165) is 32.7 Å². The minimum Gasteiger partial charge on any atom is -0.298 e. The van der Waals surface area contributed by atoms with E-state index in [9.17, 15) is 4.79 Å². The van der Waals surface area contributed by atoms with Crippen LogP contribution in [0.1, 0.15) is 21.5 Å². The molecule has 2 heteroatoms. The van der Waals surface area contributed by atoms with Crippen molar-refractivity contribution in [1.29, 1.82) is 0 Å². The standard InChI is InChI=1S/C15H11BrO/c1-3-10-11(4-2)15(16)13-8-6-5-7-12(13)14(10)9-17/h3-9H,1-2H2. The summed E-state index contributed by atoms with van der Waals surface area (Å²) in [5.41, 5.74) is 2.38. The van der Waals surface area contributed by atoms with E-state index in [2.05, 4.69) is 29.1 Å². The lowest BCUT2D eigenvalue weighted by atomic mass is 9.94. The normalized spacial score (nSPS) is 10.2. The third-order valence-corrected chi connectivity index (χ3v) is 3.65. The van der Waals surface area contributed by atoms with Crippen LogP contribution in [0.2, 0.25) is 0 Å². The predicted octanol–water partition coefficient (Wildman–Crippen LogP) is 4.70. The van der Waals surface area contributed by atoms with Crippen molar-refractivity contribution in [3.63, 3.8) is 0 Å². The molecule has 0 radical (unpaired) electrons. The maximum absolute atomic E-state index is 11.3. The van der Waals surface area contributed by atoms with Crippen molar-refractivity contribution in [2.45, 2.75) is 0 Å². The average Bonchev–Trinajstić information content (AvgIpc) is 2.38. The van der Waals surface area contributed by atoms with Crippen molar-refractivity contribution in [2.24, 2.45) is 0 Å². The molecule has 0 saturated heterocycles. The second-order valence-corrected chi connectivity index (χ2v) is 4.42. The van der Waals surface area contributed by atoms with E-state index in [1.54, 1.807) is 12.2 Å². The summed E-state index contributed by atoms with van der Waals surface area (Å²) < 4.78 is 0.948. The van der Waals surface area contributed by atoms with Gasteiger partial charge in [0.25, 0.3) is 0 Å². The van der Waals surface area contributed by atoms with Crippen molar-refractivity contribution in [1.82, 2.24) is 0 Å². The Morgan fingerprint density at radius 3 is 2.06 bits per heavy atom. The molecular formula is C15H11BrO. The fraction of sp³-hybridized carbons (Fsp3) is 0. The Labute approximate surface area is 109 Å². The summed E-state index contributed by atoms with van der Waals surface area (Å²) in [5.74, 6) is 0. The van der Waals surface area contributed by atoms with E-state index in [1.807, 2.05) is 24.3 Å². The van der Waals surface area contributed by atoms with Crippen LogP contribution in [-0.2, 0) is 0 Å². The van der Waals surface area contributed by atoms with Crippen LogP contribution in [0.4, 0.5) is 0 Å². The molecule has 0 aliphatic carbocycles. The van der Waals surface area contributed by atoms with E-state index in [4.69, 9.17) is 0 Å². The van der Waals surface area contributed by atoms with Crippen molar-refractivity contribution < 1.29 is 4.79 Å². The van der Waals surface area contributed by atoms with Gasteiger partial charge < -0.3 is 0 Å². The van der Waals surface area contributed by atoms with Gasteiger partial charge in [-0.15, -0.1) is 0 Å². The number of carbonyl (C=O) groups is 1. The lowest BCUT2D eigenvalue weighted by Crippen LogP contribution is -1.94. The van der Waals surface area contributed by atoms with Gasteiger partial charge in [-0.2, -0.15) is 0 Å². The summed E-state index contributed by atoms with van der Waals surface area (Å²) in [5, 5.41) is 1.94. The van der Waals surface area contributed by atoms with Gasteiger partial charge in [0, 0.05) is 10.0 Å². The molecular weight excluding hydrogens is 276 g/mol. The number of aldehydes is 1. The Morgan fingerprint density at radius 2 is 1.53 bits per heavy atom. The SMILES string of the molecule is C=Cc1c(C=C)c(C=O)c2ccccc2c1Br. The fourth-order valence-corrected chi connectivity index (χ4v) is 2.73. The van der Waals surface area contributed by atoms with Crippen molar-refractivity contribution in [3.05, 3.63) is 58.6 Å². The van der Waals surface area contributed by atoms with E-state index >= 15 is 0 Å². The molecule has 0 atom stereocenters. The monoisotopic (exact) mass is 286 g/mol. The molecule has 0 saturated carbocycles. The second-order valence-electron chi connectivity index (χ2n) is 3.63. The molecule has 0 spiro atoms. The van der Waals surface area contributed by atoms with Crippen LogP contribution in [0.3, 0.4) is 0 Å². The first-order chi connectivity index (χ1) is 8.24. The highest BCUT2D eigenvalue weighted by Gasteiger charge is 2.13. The predicted molar refractivity (Wildman–Crippen MR) is 77.2 cm³/mol. The van der Waals surface area contributed by atoms with Crippen LogP contribution in [0.15, 0.2) is 41.9 Å². The van der Waals surface area contributed by atoms with Crippen molar-refractivity contribution in [2.75, 3.05) is 0 Å². The largest absolute Gasteiger partial charge is 0.298 e. The molecule has 84 valence electrons. The van der Waals surface area contributed by atoms with Crippen LogP contribution >= 0.6 is 15.9 Å². The Hall–Kier alpha value is -1.67. The minimum atomic E-state index is 0.661. The van der Waals surface area contributed by atoms with Crippen LogP contribution in [-0.4, -0.2) is 6.29 Å². The van der Waals surface area contributed by atoms with Crippen LogP contribution in [0.25, 0.3) is 22.9 Å². The molecule has 17 heavy (non-hydrogen) atoms. The van der Waals surface area contributed by atoms with Gasteiger partial charge in [0.15, 0.2) is 6.29 Å². The first-order valence-electron chi connectivity index (χ1n) is 5.18. The molecule has 0 aliphatic rings. The van der Waals surface area contributed by atoms with Gasteiger partial charge in [-0.05, 0) is 37.8 Å². The van der Waals surface area contributed by atoms with Crippen LogP contribution in [0, 0.1) is 0 Å². The Balaban J connectivity index is 3.09. The number of fused-ring (bicyclic) bond motifs is 1. The van der Waals surface area contributed by atoms with Gasteiger partial charge in [-0.25, -0.2) is 0 Å². The molecule has 0 bridgehead atoms. The van der Waals surface area contributed by atoms with E-state index < -0.39 is 0 Å². The number of hydrogen-bond acceptors (Lipinski definition) is 1. The second kappa shape index (κ2) is 4.68. The highest BCUT2D eigenvalue weighted by molar-refractivity contribution is 9.10. The summed E-state index contributed by atoms with van der Waals surface area (Å²) in [6, 6.07) is 7.78. The van der Waals surface area contributed by atoms with Crippen molar-refractivity contribution in [3.8, 4) is 0 Å². The van der Waals surface area contributed by atoms with Gasteiger partial charge >= 0.3 is 0 Å². The first kappa shape index (κ1) is 11.8. The smallest absolute Gasteiger partial charge is 0.151 e. The summed E-state index contributed by atoms with van der Waals surface area (Å²) >= 11 is 3.56. The van der Waals surface area contributed by atoms with Crippen LogP contribution < -0.4 is 0 Å². The molecule has 0 N–H and O–H groups in total. The highest BCUT2D eigenvalue weighted by Crippen LogP contribution is 2.34. The molecule has 2 rings (SSSR count). The zero-order valence-corrected chi connectivity index (χ0v) is 10.8. The van der Waals surface area contributed by atoms with Crippen molar-refractivity contribution >= 4 is 45.1 Å². The summed E-state index contributed by atoms with van der Waals surface area (Å²) in [4.78, 5) is 11.3. The topological polar surface area (TPSA) is 17.1 Å².